The smallest absolute Gasteiger partial charge is 0.236 e. The second kappa shape index (κ2) is 5.03. The lowest BCUT2D eigenvalue weighted by Crippen LogP contribution is -2.33. The number of nitrogens with one attached hydrogen (secondary N) is 2. The van der Waals surface area contributed by atoms with E-state index in [-0.39, 0.29) is 6.79 Å². The summed E-state index contributed by atoms with van der Waals surface area (Å²) < 4.78 is 36.8. The second-order valence-electron chi connectivity index (χ2n) is 4.08. The number of anilines is 1. The third kappa shape index (κ3) is 2.68. The summed E-state index contributed by atoms with van der Waals surface area (Å²) in [6, 6.07) is 4.95. The fourth-order valence-corrected chi connectivity index (χ4v) is 2.66. The van der Waals surface area contributed by atoms with Crippen molar-refractivity contribution in [1.82, 2.24) is 5.32 Å². The Morgan fingerprint density at radius 3 is 2.78 bits per heavy atom. The maximum absolute atomic E-state index is 12.0. The summed E-state index contributed by atoms with van der Waals surface area (Å²) in [5.41, 5.74) is 0.474. The summed E-state index contributed by atoms with van der Waals surface area (Å²) in [4.78, 5) is 0. The minimum absolute atomic E-state index is 0.168. The molecule has 1 aliphatic heterocycles. The highest BCUT2D eigenvalue weighted by atomic mass is 32.2. The fourth-order valence-electron chi connectivity index (χ4n) is 1.62. The van der Waals surface area contributed by atoms with Gasteiger partial charge in [-0.1, -0.05) is 0 Å². The van der Waals surface area contributed by atoms with Crippen molar-refractivity contribution in [2.45, 2.75) is 12.2 Å². The van der Waals surface area contributed by atoms with Gasteiger partial charge in [0.15, 0.2) is 11.5 Å². The Hall–Kier alpha value is -1.47. The molecule has 6 nitrogen and oxygen atoms in total. The van der Waals surface area contributed by atoms with Crippen LogP contribution >= 0.6 is 0 Å². The summed E-state index contributed by atoms with van der Waals surface area (Å²) in [5.74, 6) is 1.18. The van der Waals surface area contributed by atoms with E-state index in [1.807, 2.05) is 0 Å². The largest absolute Gasteiger partial charge is 0.454 e. The number of fused-ring (bicyclic) bond motifs is 1. The van der Waals surface area contributed by atoms with E-state index in [2.05, 4.69) is 10.0 Å². The maximum atomic E-state index is 12.0. The van der Waals surface area contributed by atoms with Crippen LogP contribution in [-0.4, -0.2) is 34.1 Å². The molecule has 1 atom stereocenters. The van der Waals surface area contributed by atoms with Crippen LogP contribution in [0.1, 0.15) is 6.92 Å². The molecule has 7 heteroatoms. The molecule has 0 saturated carbocycles. The predicted molar refractivity (Wildman–Crippen MR) is 68.5 cm³/mol. The predicted octanol–water partition coefficient (Wildman–Crippen LogP) is 0.765. The van der Waals surface area contributed by atoms with Gasteiger partial charge in [0, 0.05) is 12.6 Å². The molecule has 1 aromatic carbocycles. The van der Waals surface area contributed by atoms with E-state index in [0.717, 1.165) is 0 Å². The van der Waals surface area contributed by atoms with Crippen molar-refractivity contribution in [3.05, 3.63) is 18.2 Å². The molecule has 0 saturated heterocycles. The first-order chi connectivity index (χ1) is 8.53. The third-order valence-electron chi connectivity index (χ3n) is 2.65. The zero-order valence-electron chi connectivity index (χ0n) is 10.3. The molecule has 0 fully saturated rings. The van der Waals surface area contributed by atoms with Gasteiger partial charge in [-0.15, -0.1) is 0 Å². The molecule has 100 valence electrons. The average Bonchev–Trinajstić information content (AvgIpc) is 2.76. The van der Waals surface area contributed by atoms with E-state index in [4.69, 9.17) is 9.47 Å². The van der Waals surface area contributed by atoms with Gasteiger partial charge in [0.25, 0.3) is 0 Å². The summed E-state index contributed by atoms with van der Waals surface area (Å²) in [7, 11) is -1.69. The van der Waals surface area contributed by atoms with E-state index in [0.29, 0.717) is 23.7 Å². The number of sulfonamides is 1. The highest BCUT2D eigenvalue weighted by Gasteiger charge is 2.21. The van der Waals surface area contributed by atoms with Crippen LogP contribution in [0.15, 0.2) is 18.2 Å². The number of ether oxygens (including phenoxy) is 2. The fraction of sp³-hybridized carbons (Fsp3) is 0.455. The molecule has 1 aromatic rings. The standard InChI is InChI=1S/C11H16N2O4S/c1-8(6-12-2)18(14,15)13-9-3-4-10-11(5-9)17-7-16-10/h3-5,8,12-13H,6-7H2,1-2H3. The molecular formula is C11H16N2O4S. The Morgan fingerprint density at radius 1 is 1.33 bits per heavy atom. The van der Waals surface area contributed by atoms with E-state index >= 15 is 0 Å². The SMILES string of the molecule is CNCC(C)S(=O)(=O)Nc1ccc2c(c1)OCO2. The normalized spacial score (nSPS) is 15.4. The van der Waals surface area contributed by atoms with Crippen LogP contribution in [0.25, 0.3) is 0 Å². The quantitative estimate of drug-likeness (QED) is 0.827. The van der Waals surface area contributed by atoms with Crippen molar-refractivity contribution in [1.29, 1.82) is 0 Å². The molecule has 1 aliphatic rings. The molecule has 0 aliphatic carbocycles. The van der Waals surface area contributed by atoms with Crippen LogP contribution in [0.2, 0.25) is 0 Å². The first kappa shape index (κ1) is 13.0. The van der Waals surface area contributed by atoms with Crippen molar-refractivity contribution >= 4 is 15.7 Å². The van der Waals surface area contributed by atoms with Gasteiger partial charge in [-0.25, -0.2) is 8.42 Å². The Morgan fingerprint density at radius 2 is 2.06 bits per heavy atom. The Labute approximate surface area is 106 Å². The molecule has 0 bridgehead atoms. The number of rotatable bonds is 5. The lowest BCUT2D eigenvalue weighted by molar-refractivity contribution is 0.174. The second-order valence-corrected chi connectivity index (χ2v) is 6.18. The summed E-state index contributed by atoms with van der Waals surface area (Å²) in [6.45, 7) is 2.20. The molecule has 0 aromatic heterocycles. The molecule has 0 spiro atoms. The van der Waals surface area contributed by atoms with Crippen molar-refractivity contribution < 1.29 is 17.9 Å². The molecule has 1 heterocycles. The van der Waals surface area contributed by atoms with Crippen LogP contribution in [0, 0.1) is 0 Å². The molecule has 1 unspecified atom stereocenters. The monoisotopic (exact) mass is 272 g/mol. The van der Waals surface area contributed by atoms with Crippen LogP contribution < -0.4 is 19.5 Å². The topological polar surface area (TPSA) is 76.7 Å². The van der Waals surface area contributed by atoms with Gasteiger partial charge < -0.3 is 14.8 Å². The van der Waals surface area contributed by atoms with Crippen molar-refractivity contribution in [2.75, 3.05) is 25.1 Å². The molecule has 0 radical (unpaired) electrons. The number of hydrogen-bond donors (Lipinski definition) is 2. The molecule has 18 heavy (non-hydrogen) atoms. The van der Waals surface area contributed by atoms with Crippen LogP contribution in [-0.2, 0) is 10.0 Å². The van der Waals surface area contributed by atoms with E-state index < -0.39 is 15.3 Å². The van der Waals surface area contributed by atoms with Gasteiger partial charge in [0.2, 0.25) is 16.8 Å². The van der Waals surface area contributed by atoms with Crippen molar-refractivity contribution in [3.8, 4) is 11.5 Å². The minimum atomic E-state index is -3.40. The summed E-state index contributed by atoms with van der Waals surface area (Å²) >= 11 is 0. The Bertz CT molecular complexity index is 530. The van der Waals surface area contributed by atoms with Crippen molar-refractivity contribution in [3.63, 3.8) is 0 Å². The van der Waals surface area contributed by atoms with Gasteiger partial charge in [-0.05, 0) is 26.1 Å². The third-order valence-corrected chi connectivity index (χ3v) is 4.40. The van der Waals surface area contributed by atoms with E-state index in [1.165, 1.54) is 0 Å². The lowest BCUT2D eigenvalue weighted by atomic mass is 10.3. The van der Waals surface area contributed by atoms with Gasteiger partial charge in [-0.2, -0.15) is 0 Å². The van der Waals surface area contributed by atoms with E-state index in [1.54, 1.807) is 32.2 Å². The Kier molecular flexibility index (Phi) is 3.63. The zero-order valence-corrected chi connectivity index (χ0v) is 11.1. The molecule has 2 N–H and O–H groups in total. The molecule has 0 amide bonds. The summed E-state index contributed by atoms with van der Waals surface area (Å²) in [5, 5.41) is 2.32. The van der Waals surface area contributed by atoms with Crippen LogP contribution in [0.3, 0.4) is 0 Å². The van der Waals surface area contributed by atoms with Gasteiger partial charge in [0.1, 0.15) is 0 Å². The average molecular weight is 272 g/mol. The van der Waals surface area contributed by atoms with Crippen LogP contribution in [0.4, 0.5) is 5.69 Å². The molecular weight excluding hydrogens is 256 g/mol. The lowest BCUT2D eigenvalue weighted by Gasteiger charge is -2.14. The highest BCUT2D eigenvalue weighted by Crippen LogP contribution is 2.34. The zero-order chi connectivity index (χ0) is 13.2. The molecule has 2 rings (SSSR count). The van der Waals surface area contributed by atoms with Crippen molar-refractivity contribution in [2.24, 2.45) is 0 Å². The number of benzene rings is 1. The number of hydrogen-bond acceptors (Lipinski definition) is 5. The highest BCUT2D eigenvalue weighted by molar-refractivity contribution is 7.93. The Balaban J connectivity index is 2.14. The minimum Gasteiger partial charge on any atom is -0.454 e. The van der Waals surface area contributed by atoms with Gasteiger partial charge in [0.05, 0.1) is 10.9 Å². The van der Waals surface area contributed by atoms with Crippen LogP contribution in [0.5, 0.6) is 11.5 Å². The van der Waals surface area contributed by atoms with E-state index in [9.17, 15) is 8.42 Å². The summed E-state index contributed by atoms with van der Waals surface area (Å²) in [6.07, 6.45) is 0. The van der Waals surface area contributed by atoms with Gasteiger partial charge >= 0.3 is 0 Å². The maximum Gasteiger partial charge on any atom is 0.236 e. The first-order valence-corrected chi connectivity index (χ1v) is 7.13. The van der Waals surface area contributed by atoms with Gasteiger partial charge in [-0.3, -0.25) is 4.72 Å². The first-order valence-electron chi connectivity index (χ1n) is 5.59.